The van der Waals surface area contributed by atoms with Crippen molar-refractivity contribution in [2.24, 2.45) is 0 Å². The monoisotopic (exact) mass is 901 g/mol. The van der Waals surface area contributed by atoms with Gasteiger partial charge in [-0.2, -0.15) is 0 Å². The van der Waals surface area contributed by atoms with Crippen LogP contribution in [0.25, 0.3) is 0 Å². The smallest absolute Gasteiger partial charge is 0.306 e. The average Bonchev–Trinajstić information content (AvgIpc) is 3.30. The number of hydrogen-bond acceptors (Lipinski definition) is 6. The minimum Gasteiger partial charge on any atom is -0.462 e. The quantitative estimate of drug-likeness (QED) is 0.0262. The zero-order valence-electron chi connectivity index (χ0n) is 42.0. The molecule has 0 N–H and O–H groups in total. The summed E-state index contributed by atoms with van der Waals surface area (Å²) in [5.74, 6) is -1.01. The van der Waals surface area contributed by atoms with E-state index in [0.29, 0.717) is 19.3 Å². The van der Waals surface area contributed by atoms with Crippen molar-refractivity contribution in [2.75, 3.05) is 13.2 Å². The van der Waals surface area contributed by atoms with E-state index in [4.69, 9.17) is 14.2 Å². The molecule has 368 valence electrons. The van der Waals surface area contributed by atoms with Crippen LogP contribution in [-0.4, -0.2) is 37.2 Å². The SMILES string of the molecule is CC/C=C\C/C=C\C/C=C\C/C=C\C/C=C\CCCCCC(=O)OCC(COC(=O)CCC/C=C\C/C=C\C/C=C\CC)OC(=O)CCCCCCCCC/C=C\CCCCCCCC. The second-order valence-electron chi connectivity index (χ2n) is 17.0. The Morgan fingerprint density at radius 3 is 1.03 bits per heavy atom. The fourth-order valence-corrected chi connectivity index (χ4v) is 6.84. The number of carbonyl (C=O) groups excluding carboxylic acids is 3. The molecule has 0 heterocycles. The highest BCUT2D eigenvalue weighted by atomic mass is 16.6. The highest BCUT2D eigenvalue weighted by molar-refractivity contribution is 5.71. The molecule has 0 aromatic rings. The van der Waals surface area contributed by atoms with Gasteiger partial charge in [-0.1, -0.05) is 201 Å². The molecule has 0 saturated carbocycles. The number of hydrogen-bond donors (Lipinski definition) is 0. The van der Waals surface area contributed by atoms with Crippen LogP contribution >= 0.6 is 0 Å². The summed E-state index contributed by atoms with van der Waals surface area (Å²) in [5, 5.41) is 0. The topological polar surface area (TPSA) is 78.9 Å². The largest absolute Gasteiger partial charge is 0.462 e. The van der Waals surface area contributed by atoms with Crippen LogP contribution < -0.4 is 0 Å². The summed E-state index contributed by atoms with van der Waals surface area (Å²) in [6, 6.07) is 0. The predicted octanol–water partition coefficient (Wildman–Crippen LogP) is 17.5. The Bertz CT molecular complexity index is 1360. The van der Waals surface area contributed by atoms with E-state index in [2.05, 4.69) is 130 Å². The molecule has 0 bridgehead atoms. The van der Waals surface area contributed by atoms with Crippen molar-refractivity contribution < 1.29 is 28.6 Å². The third-order valence-electron chi connectivity index (χ3n) is 10.7. The van der Waals surface area contributed by atoms with Crippen molar-refractivity contribution in [1.29, 1.82) is 0 Å². The lowest BCUT2D eigenvalue weighted by atomic mass is 10.1. The Kier molecular flexibility index (Phi) is 49.5. The molecule has 0 aromatic heterocycles. The summed E-state index contributed by atoms with van der Waals surface area (Å²) >= 11 is 0. The lowest BCUT2D eigenvalue weighted by molar-refractivity contribution is -0.167. The molecule has 0 aliphatic heterocycles. The van der Waals surface area contributed by atoms with Crippen LogP contribution in [0.3, 0.4) is 0 Å². The van der Waals surface area contributed by atoms with Crippen LogP contribution in [0.2, 0.25) is 0 Å². The zero-order valence-corrected chi connectivity index (χ0v) is 42.0. The van der Waals surface area contributed by atoms with Crippen molar-refractivity contribution in [1.82, 2.24) is 0 Å². The first-order chi connectivity index (χ1) is 32.0. The minimum absolute atomic E-state index is 0.114. The van der Waals surface area contributed by atoms with E-state index in [1.807, 2.05) is 0 Å². The number of carbonyl (C=O) groups is 3. The standard InChI is InChI=1S/C59H96O6/c1-4-7-10-13-16-19-22-24-26-28-29-31-32-34-37-40-43-46-49-52-58(61)64-55-56(54-63-57(60)51-48-45-42-39-36-21-18-15-12-9-6-3)65-59(62)53-50-47-44-41-38-35-33-30-27-25-23-20-17-14-11-8-5-2/h7,9-10,12,16,18-19,21,24-27,29,31,34,37,39,42,56H,4-6,8,11,13-15,17,20,22-23,28,30,32-33,35-36,38,40-41,43-55H2,1-3H3/b10-7-,12-9-,19-16-,21-18-,26-24-,27-25-,31-29-,37-34-,42-39-. The number of allylic oxidation sites excluding steroid dienone is 18. The van der Waals surface area contributed by atoms with E-state index in [9.17, 15) is 14.4 Å². The van der Waals surface area contributed by atoms with Gasteiger partial charge in [0, 0.05) is 19.3 Å². The molecule has 0 rings (SSSR count). The lowest BCUT2D eigenvalue weighted by Crippen LogP contribution is -2.30. The third kappa shape index (κ3) is 50.9. The van der Waals surface area contributed by atoms with Gasteiger partial charge in [-0.3, -0.25) is 14.4 Å². The number of esters is 3. The summed E-state index contributed by atoms with van der Waals surface area (Å²) in [6.45, 7) is 6.31. The summed E-state index contributed by atoms with van der Waals surface area (Å²) in [5.41, 5.74) is 0. The fourth-order valence-electron chi connectivity index (χ4n) is 6.84. The minimum atomic E-state index is -0.815. The normalized spacial score (nSPS) is 13.0. The van der Waals surface area contributed by atoms with Crippen LogP contribution in [0.4, 0.5) is 0 Å². The molecule has 65 heavy (non-hydrogen) atoms. The van der Waals surface area contributed by atoms with Crippen LogP contribution in [0.5, 0.6) is 0 Å². The Hall–Kier alpha value is -3.93. The maximum absolute atomic E-state index is 12.8. The Balaban J connectivity index is 4.48. The van der Waals surface area contributed by atoms with Crippen LogP contribution in [0, 0.1) is 0 Å². The first-order valence-electron chi connectivity index (χ1n) is 26.4. The van der Waals surface area contributed by atoms with Gasteiger partial charge in [0.05, 0.1) is 0 Å². The Morgan fingerprint density at radius 1 is 0.323 bits per heavy atom. The molecule has 0 aliphatic rings. The molecule has 0 aromatic carbocycles. The molecule has 0 spiro atoms. The molecule has 0 fully saturated rings. The van der Waals surface area contributed by atoms with Crippen molar-refractivity contribution in [2.45, 2.75) is 232 Å². The van der Waals surface area contributed by atoms with Gasteiger partial charge in [0.2, 0.25) is 0 Å². The first-order valence-corrected chi connectivity index (χ1v) is 26.4. The number of rotatable bonds is 46. The second kappa shape index (κ2) is 52.7. The predicted molar refractivity (Wildman–Crippen MR) is 279 cm³/mol. The summed E-state index contributed by atoms with van der Waals surface area (Å²) in [4.78, 5) is 38.0. The van der Waals surface area contributed by atoms with E-state index in [1.54, 1.807) is 0 Å². The maximum atomic E-state index is 12.8. The fraction of sp³-hybridized carbons (Fsp3) is 0.644. The van der Waals surface area contributed by atoms with E-state index in [1.165, 1.54) is 77.0 Å². The molecule has 1 unspecified atom stereocenters. The van der Waals surface area contributed by atoms with E-state index in [-0.39, 0.29) is 37.5 Å². The van der Waals surface area contributed by atoms with Crippen molar-refractivity contribution in [3.8, 4) is 0 Å². The van der Waals surface area contributed by atoms with Gasteiger partial charge in [0.15, 0.2) is 6.10 Å². The van der Waals surface area contributed by atoms with Crippen molar-refractivity contribution in [3.05, 3.63) is 109 Å². The molecule has 6 heteroatoms. The summed E-state index contributed by atoms with van der Waals surface area (Å²) in [7, 11) is 0. The summed E-state index contributed by atoms with van der Waals surface area (Å²) < 4.78 is 16.7. The second-order valence-corrected chi connectivity index (χ2v) is 17.0. The molecule has 0 aliphatic carbocycles. The summed E-state index contributed by atoms with van der Waals surface area (Å²) in [6.07, 6.45) is 70.8. The van der Waals surface area contributed by atoms with Crippen molar-refractivity contribution >= 4 is 17.9 Å². The van der Waals surface area contributed by atoms with E-state index in [0.717, 1.165) is 103 Å². The van der Waals surface area contributed by atoms with Gasteiger partial charge < -0.3 is 14.2 Å². The third-order valence-corrected chi connectivity index (χ3v) is 10.7. The Morgan fingerprint density at radius 2 is 0.615 bits per heavy atom. The van der Waals surface area contributed by atoms with Gasteiger partial charge in [0.25, 0.3) is 0 Å². The number of unbranched alkanes of at least 4 members (excludes halogenated alkanes) is 17. The van der Waals surface area contributed by atoms with E-state index < -0.39 is 6.10 Å². The molecule has 1 atom stereocenters. The molecule has 0 amide bonds. The molecule has 0 saturated heterocycles. The maximum Gasteiger partial charge on any atom is 0.306 e. The zero-order chi connectivity index (χ0) is 47.2. The van der Waals surface area contributed by atoms with Gasteiger partial charge >= 0.3 is 17.9 Å². The number of ether oxygens (including phenoxy) is 3. The van der Waals surface area contributed by atoms with E-state index >= 15 is 0 Å². The highest BCUT2D eigenvalue weighted by Crippen LogP contribution is 2.13. The molecular weight excluding hydrogens is 805 g/mol. The lowest BCUT2D eigenvalue weighted by Gasteiger charge is -2.18. The van der Waals surface area contributed by atoms with Crippen LogP contribution in [0.15, 0.2) is 109 Å². The highest BCUT2D eigenvalue weighted by Gasteiger charge is 2.19. The average molecular weight is 901 g/mol. The van der Waals surface area contributed by atoms with Gasteiger partial charge in [-0.25, -0.2) is 0 Å². The first kappa shape index (κ1) is 61.1. The molecule has 6 nitrogen and oxygen atoms in total. The van der Waals surface area contributed by atoms with Gasteiger partial charge in [-0.05, 0) is 116 Å². The Labute approximate surface area is 400 Å². The van der Waals surface area contributed by atoms with Gasteiger partial charge in [0.1, 0.15) is 13.2 Å². The molecule has 0 radical (unpaired) electrons. The van der Waals surface area contributed by atoms with Crippen LogP contribution in [0.1, 0.15) is 226 Å². The van der Waals surface area contributed by atoms with Crippen LogP contribution in [-0.2, 0) is 28.6 Å². The van der Waals surface area contributed by atoms with Gasteiger partial charge in [-0.15, -0.1) is 0 Å². The molecular formula is C59H96O6. The van der Waals surface area contributed by atoms with Crippen molar-refractivity contribution in [3.63, 3.8) is 0 Å².